The first-order valence-corrected chi connectivity index (χ1v) is 10.3. The fourth-order valence-corrected chi connectivity index (χ4v) is 3.06. The maximum absolute atomic E-state index is 12.9. The molecule has 10 heteroatoms. The number of amides is 1. The van der Waals surface area contributed by atoms with Gasteiger partial charge in [0.25, 0.3) is 5.56 Å². The Morgan fingerprint density at radius 2 is 1.81 bits per heavy atom. The monoisotopic (exact) mass is 446 g/mol. The molecule has 0 fully saturated rings. The highest BCUT2D eigenvalue weighted by Crippen LogP contribution is 2.19. The fourth-order valence-electron chi connectivity index (χ4n) is 3.06. The number of nitrogens with one attached hydrogen (secondary N) is 1. The number of aromatic nitrogens is 2. The Morgan fingerprint density at radius 3 is 2.41 bits per heavy atom. The van der Waals surface area contributed by atoms with Crippen LogP contribution in [0.1, 0.15) is 32.3 Å². The summed E-state index contributed by atoms with van der Waals surface area (Å²) in [7, 11) is 1.45. The molecule has 2 rings (SSSR count). The average Bonchev–Trinajstić information content (AvgIpc) is 2.73. The van der Waals surface area contributed by atoms with Gasteiger partial charge in [-0.1, -0.05) is 31.5 Å². The van der Waals surface area contributed by atoms with Crippen molar-refractivity contribution < 1.29 is 19.1 Å². The lowest BCUT2D eigenvalue weighted by atomic mass is 10.2. The van der Waals surface area contributed by atoms with E-state index in [2.05, 4.69) is 4.98 Å². The van der Waals surface area contributed by atoms with E-state index in [0.717, 1.165) is 10.5 Å². The lowest BCUT2D eigenvalue weighted by Crippen LogP contribution is -2.43. The van der Waals surface area contributed by atoms with E-state index < -0.39 is 23.1 Å². The van der Waals surface area contributed by atoms with Gasteiger partial charge in [0.1, 0.15) is 11.6 Å². The van der Waals surface area contributed by atoms with Crippen molar-refractivity contribution in [2.24, 2.45) is 5.92 Å². The van der Waals surface area contributed by atoms with Gasteiger partial charge in [-0.2, -0.15) is 0 Å². The number of esters is 1. The summed E-state index contributed by atoms with van der Waals surface area (Å²) in [6, 6.07) is 6.94. The number of benzene rings is 1. The van der Waals surface area contributed by atoms with Crippen molar-refractivity contribution in [3.8, 4) is 5.75 Å². The summed E-state index contributed by atoms with van der Waals surface area (Å²) in [6.07, 6.45) is -0.407. The minimum absolute atomic E-state index is 0.0233. The molecule has 0 aliphatic heterocycles. The van der Waals surface area contributed by atoms with Gasteiger partial charge in [-0.25, -0.2) is 4.79 Å². The molecule has 2 aromatic rings. The number of aromatic amines is 1. The van der Waals surface area contributed by atoms with Crippen molar-refractivity contribution in [1.29, 1.82) is 0 Å². The van der Waals surface area contributed by atoms with Crippen LogP contribution in [0.4, 0.5) is 11.5 Å². The number of anilines is 2. The van der Waals surface area contributed by atoms with Crippen molar-refractivity contribution in [3.63, 3.8) is 0 Å². The van der Waals surface area contributed by atoms with Gasteiger partial charge in [0.2, 0.25) is 5.91 Å². The van der Waals surface area contributed by atoms with Crippen molar-refractivity contribution in [3.05, 3.63) is 50.7 Å². The van der Waals surface area contributed by atoms with Crippen LogP contribution in [0.5, 0.6) is 5.75 Å². The molecule has 1 aromatic heterocycles. The minimum Gasteiger partial charge on any atom is -0.427 e. The highest BCUT2D eigenvalue weighted by Gasteiger charge is 2.25. The number of hydrogen-bond acceptors (Lipinski definition) is 7. The van der Waals surface area contributed by atoms with E-state index in [-0.39, 0.29) is 50.0 Å². The largest absolute Gasteiger partial charge is 0.427 e. The summed E-state index contributed by atoms with van der Waals surface area (Å²) in [5, 5.41) is 0. The second-order valence-corrected chi connectivity index (χ2v) is 7.82. The zero-order chi connectivity index (χ0) is 23.8. The predicted molar refractivity (Wildman–Crippen MR) is 121 cm³/mol. The van der Waals surface area contributed by atoms with Gasteiger partial charge in [0.05, 0.1) is 13.0 Å². The zero-order valence-electron chi connectivity index (χ0n) is 18.8. The number of ether oxygens (including phenoxy) is 2. The van der Waals surface area contributed by atoms with Crippen LogP contribution in [0.3, 0.4) is 0 Å². The van der Waals surface area contributed by atoms with E-state index in [1.165, 1.54) is 11.7 Å². The zero-order valence-corrected chi connectivity index (χ0v) is 18.8. The maximum Gasteiger partial charge on any atom is 0.330 e. The molecule has 0 radical (unpaired) electrons. The molecule has 174 valence electrons. The highest BCUT2D eigenvalue weighted by molar-refractivity contribution is 5.97. The summed E-state index contributed by atoms with van der Waals surface area (Å²) in [4.78, 5) is 53.2. The molecule has 1 aromatic carbocycles. The Hall–Kier alpha value is -3.40. The third kappa shape index (κ3) is 6.55. The summed E-state index contributed by atoms with van der Waals surface area (Å²) < 4.78 is 11.5. The van der Waals surface area contributed by atoms with E-state index in [4.69, 9.17) is 15.2 Å². The molecule has 32 heavy (non-hydrogen) atoms. The Labute approximate surface area is 185 Å². The maximum atomic E-state index is 12.9. The Bertz CT molecular complexity index is 1060. The lowest BCUT2D eigenvalue weighted by molar-refractivity contribution is -0.136. The SMILES string of the molecule is COCCN(C(=O)CCC(=O)Oc1ccc(C)cc1)c1c(N)n(CC(C)C)c(=O)[nH]c1=O. The topological polar surface area (TPSA) is 137 Å². The van der Waals surface area contributed by atoms with Crippen LogP contribution >= 0.6 is 0 Å². The van der Waals surface area contributed by atoms with Gasteiger partial charge in [0.15, 0.2) is 5.69 Å². The number of nitrogens with zero attached hydrogens (tertiary/aromatic N) is 2. The first-order chi connectivity index (χ1) is 15.1. The third-order valence-corrected chi connectivity index (χ3v) is 4.65. The van der Waals surface area contributed by atoms with Gasteiger partial charge < -0.3 is 20.1 Å². The van der Waals surface area contributed by atoms with Crippen LogP contribution in [0.25, 0.3) is 0 Å². The van der Waals surface area contributed by atoms with E-state index in [1.54, 1.807) is 24.3 Å². The molecule has 10 nitrogen and oxygen atoms in total. The Kier molecular flexibility index (Phi) is 8.77. The second kappa shape index (κ2) is 11.3. The van der Waals surface area contributed by atoms with Crippen LogP contribution in [0.2, 0.25) is 0 Å². The molecule has 0 saturated carbocycles. The molecule has 0 aliphatic carbocycles. The van der Waals surface area contributed by atoms with Gasteiger partial charge in [-0.05, 0) is 25.0 Å². The van der Waals surface area contributed by atoms with Crippen LogP contribution in [-0.4, -0.2) is 41.7 Å². The van der Waals surface area contributed by atoms with Crippen molar-refractivity contribution in [1.82, 2.24) is 9.55 Å². The third-order valence-electron chi connectivity index (χ3n) is 4.65. The summed E-state index contributed by atoms with van der Waals surface area (Å²) in [6.45, 7) is 6.12. The van der Waals surface area contributed by atoms with E-state index in [9.17, 15) is 19.2 Å². The number of hydrogen-bond donors (Lipinski definition) is 2. The quantitative estimate of drug-likeness (QED) is 0.416. The molecule has 3 N–H and O–H groups in total. The number of carbonyl (C=O) groups excluding carboxylic acids is 2. The van der Waals surface area contributed by atoms with Gasteiger partial charge >= 0.3 is 11.7 Å². The Morgan fingerprint density at radius 1 is 1.16 bits per heavy atom. The summed E-state index contributed by atoms with van der Waals surface area (Å²) in [5.74, 6) is -0.756. The minimum atomic E-state index is -0.779. The first kappa shape index (κ1) is 24.9. The molecule has 0 bridgehead atoms. The number of aryl methyl sites for hydroxylation is 1. The van der Waals surface area contributed by atoms with Crippen LogP contribution in [-0.2, 0) is 20.9 Å². The van der Waals surface area contributed by atoms with Crippen LogP contribution in [0.15, 0.2) is 33.9 Å². The van der Waals surface area contributed by atoms with Crippen LogP contribution < -0.4 is 26.6 Å². The molecular formula is C22H30N4O6. The second-order valence-electron chi connectivity index (χ2n) is 7.82. The van der Waals surface area contributed by atoms with Gasteiger partial charge in [-0.3, -0.25) is 23.9 Å². The van der Waals surface area contributed by atoms with Gasteiger partial charge in [0, 0.05) is 26.6 Å². The lowest BCUT2D eigenvalue weighted by Gasteiger charge is -2.24. The number of rotatable bonds is 10. The number of nitrogens with two attached hydrogens (primary N) is 1. The molecular weight excluding hydrogens is 416 g/mol. The Balaban J connectivity index is 2.23. The first-order valence-electron chi connectivity index (χ1n) is 10.3. The molecule has 0 aliphatic rings. The molecule has 0 saturated heterocycles. The number of H-pyrrole nitrogens is 1. The normalized spacial score (nSPS) is 10.9. The fraction of sp³-hybridized carbons (Fsp3) is 0.455. The van der Waals surface area contributed by atoms with E-state index in [1.807, 2.05) is 20.8 Å². The average molecular weight is 447 g/mol. The molecule has 0 atom stereocenters. The van der Waals surface area contributed by atoms with E-state index in [0.29, 0.717) is 5.75 Å². The molecule has 0 spiro atoms. The van der Waals surface area contributed by atoms with Crippen LogP contribution in [0, 0.1) is 12.8 Å². The van der Waals surface area contributed by atoms with Crippen molar-refractivity contribution in [2.75, 3.05) is 30.9 Å². The summed E-state index contributed by atoms with van der Waals surface area (Å²) >= 11 is 0. The number of nitrogen functional groups attached to an aromatic ring is 1. The highest BCUT2D eigenvalue weighted by atomic mass is 16.5. The van der Waals surface area contributed by atoms with Crippen molar-refractivity contribution in [2.45, 2.75) is 40.2 Å². The molecule has 1 heterocycles. The number of methoxy groups -OCH3 is 1. The standard InChI is InChI=1S/C22H30N4O6/c1-14(2)13-26-20(23)19(21(29)24-22(26)30)25(11-12-31-4)17(27)9-10-18(28)32-16-7-5-15(3)6-8-16/h5-8,14H,9-13,23H2,1-4H3,(H,24,29,30). The van der Waals surface area contributed by atoms with Crippen molar-refractivity contribution >= 4 is 23.4 Å². The van der Waals surface area contributed by atoms with Gasteiger partial charge in [-0.15, -0.1) is 0 Å². The van der Waals surface area contributed by atoms with E-state index >= 15 is 0 Å². The predicted octanol–water partition coefficient (Wildman–Crippen LogP) is 1.45. The summed E-state index contributed by atoms with van der Waals surface area (Å²) in [5.41, 5.74) is 5.59. The smallest absolute Gasteiger partial charge is 0.330 e. The molecule has 1 amide bonds. The number of carbonyl (C=O) groups is 2. The molecule has 0 unspecified atom stereocenters.